The molecule has 0 aliphatic carbocycles. The number of aliphatic hydroxyl groups excluding tert-OH is 1. The van der Waals surface area contributed by atoms with Gasteiger partial charge in [-0.05, 0) is 19.3 Å². The number of quaternary nitrogens is 1. The molecule has 0 fully saturated rings. The molecule has 0 rings (SSSR count). The maximum absolute atomic E-state index is 12.9. The van der Waals surface area contributed by atoms with Gasteiger partial charge >= 0.3 is 0 Å². The molecule has 0 heterocycles. The Kier molecular flexibility index (Phi) is 50.6. The Morgan fingerprint density at radius 3 is 1.10 bits per heavy atom. The number of aliphatic hydroxyl groups is 1. The highest BCUT2D eigenvalue weighted by atomic mass is 31.2. The lowest BCUT2D eigenvalue weighted by Crippen LogP contribution is -2.45. The minimum Gasteiger partial charge on any atom is -0.756 e. The smallest absolute Gasteiger partial charge is 0.268 e. The van der Waals surface area contributed by atoms with Crippen LogP contribution >= 0.6 is 7.82 Å². The number of amides is 1. The monoisotopic (exact) mass is 983 g/mol. The number of phosphoric ester groups is 1. The minimum absolute atomic E-state index is 0.00196. The fourth-order valence-electron chi connectivity index (χ4n) is 9.27. The number of unbranched alkanes of at least 4 members (excludes halogenated alkanes) is 43. The fourth-order valence-corrected chi connectivity index (χ4v) is 10.00. The highest BCUT2D eigenvalue weighted by molar-refractivity contribution is 7.45. The largest absolute Gasteiger partial charge is 0.756 e. The number of nitrogens with zero attached hydrogens (tertiary/aromatic N) is 1. The molecule has 2 N–H and O–H groups in total. The Bertz CT molecular complexity index is 1120. The predicted octanol–water partition coefficient (Wildman–Crippen LogP) is 17.6. The number of phosphoric acid groups is 1. The third kappa shape index (κ3) is 53.0. The van der Waals surface area contributed by atoms with Crippen LogP contribution in [0.5, 0.6) is 0 Å². The normalized spacial score (nSPS) is 13.9. The van der Waals surface area contributed by atoms with Crippen molar-refractivity contribution in [3.05, 3.63) is 12.2 Å². The van der Waals surface area contributed by atoms with E-state index in [0.29, 0.717) is 17.4 Å². The highest BCUT2D eigenvalue weighted by Crippen LogP contribution is 2.38. The molecule has 1 amide bonds. The van der Waals surface area contributed by atoms with Crippen LogP contribution in [-0.4, -0.2) is 68.5 Å². The van der Waals surface area contributed by atoms with Crippen LogP contribution in [-0.2, 0) is 18.4 Å². The van der Waals surface area contributed by atoms with Gasteiger partial charge in [0.15, 0.2) is 0 Å². The van der Waals surface area contributed by atoms with E-state index in [0.717, 1.165) is 38.5 Å². The lowest BCUT2D eigenvalue weighted by Gasteiger charge is -2.29. The van der Waals surface area contributed by atoms with E-state index in [-0.39, 0.29) is 19.1 Å². The van der Waals surface area contributed by atoms with Crippen molar-refractivity contribution >= 4 is 13.7 Å². The molecular formula is C59H119N2O6P. The molecule has 406 valence electrons. The Morgan fingerprint density at radius 2 is 0.794 bits per heavy atom. The summed E-state index contributed by atoms with van der Waals surface area (Å²) in [5.41, 5.74) is 0. The zero-order chi connectivity index (χ0) is 49.9. The van der Waals surface area contributed by atoms with Crippen LogP contribution in [0.15, 0.2) is 12.2 Å². The first-order valence-electron chi connectivity index (χ1n) is 30.1. The summed E-state index contributed by atoms with van der Waals surface area (Å²) in [5.74, 6) is -0.193. The van der Waals surface area contributed by atoms with Gasteiger partial charge < -0.3 is 28.8 Å². The highest BCUT2D eigenvalue weighted by Gasteiger charge is 2.23. The van der Waals surface area contributed by atoms with Crippen molar-refractivity contribution in [1.82, 2.24) is 5.32 Å². The van der Waals surface area contributed by atoms with E-state index in [1.165, 1.54) is 250 Å². The van der Waals surface area contributed by atoms with E-state index < -0.39 is 20.0 Å². The number of allylic oxidation sites excluding steroid dienone is 1. The van der Waals surface area contributed by atoms with Gasteiger partial charge in [-0.25, -0.2) is 0 Å². The molecule has 0 saturated carbocycles. The van der Waals surface area contributed by atoms with Gasteiger partial charge in [0.1, 0.15) is 13.2 Å². The quantitative estimate of drug-likeness (QED) is 0.0272. The van der Waals surface area contributed by atoms with Crippen LogP contribution in [0.4, 0.5) is 0 Å². The van der Waals surface area contributed by atoms with Crippen molar-refractivity contribution in [1.29, 1.82) is 0 Å². The summed E-state index contributed by atoms with van der Waals surface area (Å²) in [4.78, 5) is 25.3. The molecule has 0 aliphatic rings. The van der Waals surface area contributed by atoms with Crippen molar-refractivity contribution in [2.24, 2.45) is 0 Å². The van der Waals surface area contributed by atoms with Gasteiger partial charge in [0.05, 0.1) is 39.9 Å². The molecular weight excluding hydrogens is 864 g/mol. The fraction of sp³-hybridized carbons (Fsp3) is 0.949. The third-order valence-corrected chi connectivity index (χ3v) is 15.0. The van der Waals surface area contributed by atoms with Crippen molar-refractivity contribution < 1.29 is 32.9 Å². The Balaban J connectivity index is 3.78. The molecule has 8 nitrogen and oxygen atoms in total. The van der Waals surface area contributed by atoms with Gasteiger partial charge in [-0.1, -0.05) is 296 Å². The first-order chi connectivity index (χ1) is 33.0. The van der Waals surface area contributed by atoms with Crippen molar-refractivity contribution in [3.63, 3.8) is 0 Å². The van der Waals surface area contributed by atoms with Gasteiger partial charge in [0, 0.05) is 6.42 Å². The summed E-state index contributed by atoms with van der Waals surface area (Å²) in [6.07, 6.45) is 63.5. The lowest BCUT2D eigenvalue weighted by molar-refractivity contribution is -0.870. The molecule has 0 spiro atoms. The molecule has 3 atom stereocenters. The maximum Gasteiger partial charge on any atom is 0.268 e. The van der Waals surface area contributed by atoms with Crippen LogP contribution in [0, 0.1) is 0 Å². The van der Waals surface area contributed by atoms with Gasteiger partial charge in [-0.15, -0.1) is 0 Å². The van der Waals surface area contributed by atoms with Crippen LogP contribution in [0.2, 0.25) is 0 Å². The number of likely N-dealkylation sites (N-methyl/N-ethyl adjacent to an activating group) is 1. The first-order valence-corrected chi connectivity index (χ1v) is 31.5. The molecule has 0 aliphatic heterocycles. The summed E-state index contributed by atoms with van der Waals surface area (Å²) < 4.78 is 23.2. The zero-order valence-electron chi connectivity index (χ0n) is 46.3. The average Bonchev–Trinajstić information content (AvgIpc) is 3.30. The van der Waals surface area contributed by atoms with Crippen molar-refractivity contribution in [2.45, 2.75) is 321 Å². The number of nitrogens with one attached hydrogen (secondary N) is 1. The van der Waals surface area contributed by atoms with Crippen molar-refractivity contribution in [3.8, 4) is 0 Å². The maximum atomic E-state index is 12.9. The van der Waals surface area contributed by atoms with Crippen molar-refractivity contribution in [2.75, 3.05) is 40.9 Å². The van der Waals surface area contributed by atoms with Crippen LogP contribution < -0.4 is 10.2 Å². The van der Waals surface area contributed by atoms with E-state index in [4.69, 9.17) is 9.05 Å². The van der Waals surface area contributed by atoms with Crippen LogP contribution in [0.25, 0.3) is 0 Å². The molecule has 0 aromatic rings. The summed E-state index contributed by atoms with van der Waals surface area (Å²) in [6, 6.07) is -0.880. The van der Waals surface area contributed by atoms with Crippen LogP contribution in [0.3, 0.4) is 0 Å². The Morgan fingerprint density at radius 1 is 0.500 bits per heavy atom. The van der Waals surface area contributed by atoms with E-state index >= 15 is 0 Å². The molecule has 3 unspecified atom stereocenters. The third-order valence-electron chi connectivity index (χ3n) is 14.0. The molecule has 9 heteroatoms. The number of hydrogen-bond acceptors (Lipinski definition) is 6. The van der Waals surface area contributed by atoms with E-state index in [1.807, 2.05) is 27.2 Å². The number of rotatable bonds is 56. The van der Waals surface area contributed by atoms with Gasteiger partial charge in [-0.2, -0.15) is 0 Å². The second-order valence-corrected chi connectivity index (χ2v) is 23.5. The van der Waals surface area contributed by atoms with Crippen LogP contribution in [0.1, 0.15) is 309 Å². The molecule has 0 aromatic heterocycles. The standard InChI is InChI=1S/C59H119N2O6P/c1-6-8-10-12-14-16-17-18-19-20-21-22-23-24-25-26-27-28-29-30-31-32-33-34-35-36-37-38-39-40-41-42-43-45-47-49-51-53-59(63)60-57(56-67-68(64,65)66-55-54-61(3,4)5)58(62)52-50-48-46-44-15-13-11-9-7-2/h50,52,57-58,62H,6-49,51,53-56H2,1-5H3,(H-,60,63,64,65)/b52-50+. The molecule has 0 aromatic carbocycles. The second-order valence-electron chi connectivity index (χ2n) is 22.1. The number of carbonyl (C=O) groups is 1. The Labute approximate surface area is 424 Å². The predicted molar refractivity (Wildman–Crippen MR) is 293 cm³/mol. The second kappa shape index (κ2) is 51.2. The number of hydrogen-bond donors (Lipinski definition) is 2. The van der Waals surface area contributed by atoms with Gasteiger partial charge in [-0.3, -0.25) is 9.36 Å². The lowest BCUT2D eigenvalue weighted by atomic mass is 10.0. The van der Waals surface area contributed by atoms with E-state index in [2.05, 4.69) is 19.2 Å². The Hall–Kier alpha value is -0.760. The first kappa shape index (κ1) is 67.2. The summed E-state index contributed by atoms with van der Waals surface area (Å²) in [6.45, 7) is 4.65. The SMILES string of the molecule is CCCCCCCCC/C=C/C(O)C(COP(=O)([O-])OCC[N+](C)(C)C)NC(=O)CCCCCCCCCCCCCCCCCCCCCCCCCCCCCCCCCCCCCCC. The minimum atomic E-state index is -4.58. The summed E-state index contributed by atoms with van der Waals surface area (Å²) in [7, 11) is 1.27. The van der Waals surface area contributed by atoms with E-state index in [9.17, 15) is 19.4 Å². The number of carbonyl (C=O) groups excluding carboxylic acids is 1. The zero-order valence-corrected chi connectivity index (χ0v) is 47.2. The molecule has 0 radical (unpaired) electrons. The summed E-state index contributed by atoms with van der Waals surface area (Å²) >= 11 is 0. The average molecular weight is 984 g/mol. The van der Waals surface area contributed by atoms with Gasteiger partial charge in [0.25, 0.3) is 7.82 Å². The molecule has 68 heavy (non-hydrogen) atoms. The molecule has 0 saturated heterocycles. The molecule has 0 bridgehead atoms. The summed E-state index contributed by atoms with van der Waals surface area (Å²) in [5, 5.41) is 13.8. The van der Waals surface area contributed by atoms with E-state index in [1.54, 1.807) is 6.08 Å². The van der Waals surface area contributed by atoms with Gasteiger partial charge in [0.2, 0.25) is 5.91 Å². The topological polar surface area (TPSA) is 108 Å².